The average Bonchev–Trinajstić information content (AvgIpc) is 2.39. The van der Waals surface area contributed by atoms with Crippen molar-refractivity contribution in [2.75, 3.05) is 5.32 Å². The maximum atomic E-state index is 11.0. The molecule has 0 atom stereocenters. The van der Waals surface area contributed by atoms with Crippen molar-refractivity contribution in [3.63, 3.8) is 0 Å². The van der Waals surface area contributed by atoms with Gasteiger partial charge in [0.1, 0.15) is 0 Å². The topological polar surface area (TPSA) is 55.1 Å². The zero-order valence-electron chi connectivity index (χ0n) is 10.4. The SMILES string of the molecule is NC(=O)Cc1ccccc1NCc1ccc(Br)cc1. The molecule has 4 heteroatoms. The van der Waals surface area contributed by atoms with Crippen LogP contribution >= 0.6 is 15.9 Å². The summed E-state index contributed by atoms with van der Waals surface area (Å²) in [6.45, 7) is 0.711. The van der Waals surface area contributed by atoms with Crippen molar-refractivity contribution in [1.82, 2.24) is 0 Å². The maximum Gasteiger partial charge on any atom is 0.221 e. The molecule has 0 aliphatic rings. The molecule has 0 unspecified atom stereocenters. The molecule has 0 saturated heterocycles. The number of amides is 1. The number of primary amides is 1. The summed E-state index contributed by atoms with van der Waals surface area (Å²) in [5, 5.41) is 3.33. The molecule has 3 N–H and O–H groups in total. The predicted octanol–water partition coefficient (Wildman–Crippen LogP) is 3.09. The molecular weight excluding hydrogens is 304 g/mol. The Kier molecular flexibility index (Phi) is 4.58. The molecule has 3 nitrogen and oxygen atoms in total. The van der Waals surface area contributed by atoms with Gasteiger partial charge in [-0.1, -0.05) is 46.3 Å². The molecule has 0 aromatic heterocycles. The maximum absolute atomic E-state index is 11.0. The van der Waals surface area contributed by atoms with Gasteiger partial charge in [0.25, 0.3) is 0 Å². The van der Waals surface area contributed by atoms with E-state index < -0.39 is 0 Å². The first-order chi connectivity index (χ1) is 9.15. The van der Waals surface area contributed by atoms with Gasteiger partial charge in [0.05, 0.1) is 6.42 Å². The Morgan fingerprint density at radius 2 is 1.79 bits per heavy atom. The molecule has 1 amide bonds. The van der Waals surface area contributed by atoms with Crippen molar-refractivity contribution in [3.8, 4) is 0 Å². The number of rotatable bonds is 5. The highest BCUT2D eigenvalue weighted by atomic mass is 79.9. The summed E-state index contributed by atoms with van der Waals surface area (Å²) in [4.78, 5) is 11.0. The van der Waals surface area contributed by atoms with Crippen LogP contribution in [0.4, 0.5) is 5.69 Å². The Hall–Kier alpha value is -1.81. The number of anilines is 1. The standard InChI is InChI=1S/C15H15BrN2O/c16-13-7-5-11(6-8-13)10-18-14-4-2-1-3-12(14)9-15(17)19/h1-8,18H,9-10H2,(H2,17,19). The normalized spacial score (nSPS) is 10.2. The lowest BCUT2D eigenvalue weighted by Gasteiger charge is -2.11. The van der Waals surface area contributed by atoms with Crippen LogP contribution < -0.4 is 11.1 Å². The number of benzene rings is 2. The van der Waals surface area contributed by atoms with Crippen molar-refractivity contribution in [2.24, 2.45) is 5.73 Å². The molecule has 2 aromatic carbocycles. The monoisotopic (exact) mass is 318 g/mol. The molecule has 0 bridgehead atoms. The lowest BCUT2D eigenvalue weighted by molar-refractivity contribution is -0.117. The van der Waals surface area contributed by atoms with Crippen molar-refractivity contribution in [2.45, 2.75) is 13.0 Å². The summed E-state index contributed by atoms with van der Waals surface area (Å²) in [7, 11) is 0. The highest BCUT2D eigenvalue weighted by molar-refractivity contribution is 9.10. The van der Waals surface area contributed by atoms with E-state index in [2.05, 4.69) is 21.2 Å². The summed E-state index contributed by atoms with van der Waals surface area (Å²) in [6, 6.07) is 15.8. The molecule has 0 spiro atoms. The van der Waals surface area contributed by atoms with Crippen LogP contribution in [0.25, 0.3) is 0 Å². The molecule has 0 heterocycles. The van der Waals surface area contributed by atoms with E-state index in [1.807, 2.05) is 48.5 Å². The third-order valence-electron chi connectivity index (χ3n) is 2.78. The third kappa shape index (κ3) is 4.10. The summed E-state index contributed by atoms with van der Waals surface area (Å²) in [6.07, 6.45) is 0.253. The lowest BCUT2D eigenvalue weighted by Crippen LogP contribution is -2.15. The van der Waals surface area contributed by atoms with Gasteiger partial charge < -0.3 is 11.1 Å². The Morgan fingerprint density at radius 1 is 1.11 bits per heavy atom. The van der Waals surface area contributed by atoms with Crippen LogP contribution in [-0.4, -0.2) is 5.91 Å². The Morgan fingerprint density at radius 3 is 2.47 bits per heavy atom. The molecule has 0 aliphatic carbocycles. The predicted molar refractivity (Wildman–Crippen MR) is 80.8 cm³/mol. The largest absolute Gasteiger partial charge is 0.381 e. The van der Waals surface area contributed by atoms with Gasteiger partial charge in [-0.3, -0.25) is 4.79 Å². The number of hydrogen-bond acceptors (Lipinski definition) is 2. The zero-order chi connectivity index (χ0) is 13.7. The third-order valence-corrected chi connectivity index (χ3v) is 3.31. The molecule has 19 heavy (non-hydrogen) atoms. The molecule has 98 valence electrons. The van der Waals surface area contributed by atoms with Crippen LogP contribution in [0.1, 0.15) is 11.1 Å². The highest BCUT2D eigenvalue weighted by Crippen LogP contribution is 2.17. The Balaban J connectivity index is 2.06. The first kappa shape index (κ1) is 13.6. The number of carbonyl (C=O) groups is 1. The first-order valence-electron chi connectivity index (χ1n) is 5.99. The van der Waals surface area contributed by atoms with E-state index in [1.54, 1.807) is 0 Å². The van der Waals surface area contributed by atoms with Gasteiger partial charge in [-0.25, -0.2) is 0 Å². The molecule has 2 rings (SSSR count). The number of nitrogens with two attached hydrogens (primary N) is 1. The molecule has 0 radical (unpaired) electrons. The summed E-state index contributed by atoms with van der Waals surface area (Å²) < 4.78 is 1.06. The van der Waals surface area contributed by atoms with E-state index in [9.17, 15) is 4.79 Å². The van der Waals surface area contributed by atoms with E-state index in [0.29, 0.717) is 6.54 Å². The highest BCUT2D eigenvalue weighted by Gasteiger charge is 2.04. The lowest BCUT2D eigenvalue weighted by atomic mass is 10.1. The number of hydrogen-bond donors (Lipinski definition) is 2. The molecule has 0 saturated carbocycles. The quantitative estimate of drug-likeness (QED) is 0.890. The fraction of sp³-hybridized carbons (Fsp3) is 0.133. The van der Waals surface area contributed by atoms with Crippen molar-refractivity contribution < 1.29 is 4.79 Å². The summed E-state index contributed by atoms with van der Waals surface area (Å²) in [5.41, 5.74) is 8.29. The van der Waals surface area contributed by atoms with E-state index in [1.165, 1.54) is 5.56 Å². The van der Waals surface area contributed by atoms with Gasteiger partial charge in [-0.05, 0) is 29.3 Å². The smallest absolute Gasteiger partial charge is 0.221 e. The molecule has 0 aliphatic heterocycles. The molecular formula is C15H15BrN2O. The van der Waals surface area contributed by atoms with Crippen molar-refractivity contribution in [3.05, 3.63) is 64.1 Å². The van der Waals surface area contributed by atoms with E-state index >= 15 is 0 Å². The second-order valence-electron chi connectivity index (χ2n) is 4.28. The number of nitrogens with one attached hydrogen (secondary N) is 1. The number of halogens is 1. The van der Waals surface area contributed by atoms with Gasteiger partial charge in [0.15, 0.2) is 0 Å². The van der Waals surface area contributed by atoms with E-state index in [0.717, 1.165) is 15.7 Å². The number of carbonyl (C=O) groups excluding carboxylic acids is 1. The van der Waals surface area contributed by atoms with Crippen LogP contribution in [0, 0.1) is 0 Å². The van der Waals surface area contributed by atoms with Crippen LogP contribution in [-0.2, 0) is 17.8 Å². The van der Waals surface area contributed by atoms with Crippen LogP contribution in [0.3, 0.4) is 0 Å². The van der Waals surface area contributed by atoms with Gasteiger partial charge in [0, 0.05) is 16.7 Å². The van der Waals surface area contributed by atoms with Crippen molar-refractivity contribution in [1.29, 1.82) is 0 Å². The minimum atomic E-state index is -0.321. The Labute approximate surface area is 121 Å². The zero-order valence-corrected chi connectivity index (χ0v) is 12.0. The summed E-state index contributed by atoms with van der Waals surface area (Å²) >= 11 is 3.41. The minimum absolute atomic E-state index is 0.253. The summed E-state index contributed by atoms with van der Waals surface area (Å²) in [5.74, 6) is -0.321. The van der Waals surface area contributed by atoms with Gasteiger partial charge in [-0.2, -0.15) is 0 Å². The first-order valence-corrected chi connectivity index (χ1v) is 6.79. The Bertz CT molecular complexity index is 567. The number of para-hydroxylation sites is 1. The van der Waals surface area contributed by atoms with Gasteiger partial charge >= 0.3 is 0 Å². The van der Waals surface area contributed by atoms with E-state index in [-0.39, 0.29) is 12.3 Å². The second kappa shape index (κ2) is 6.38. The van der Waals surface area contributed by atoms with E-state index in [4.69, 9.17) is 5.73 Å². The fourth-order valence-electron chi connectivity index (χ4n) is 1.83. The average molecular weight is 319 g/mol. The second-order valence-corrected chi connectivity index (χ2v) is 5.20. The van der Waals surface area contributed by atoms with Gasteiger partial charge in [0.2, 0.25) is 5.91 Å². The molecule has 2 aromatic rings. The van der Waals surface area contributed by atoms with Gasteiger partial charge in [-0.15, -0.1) is 0 Å². The molecule has 0 fully saturated rings. The van der Waals surface area contributed by atoms with Crippen molar-refractivity contribution >= 4 is 27.5 Å². The van der Waals surface area contributed by atoms with Crippen LogP contribution in [0.15, 0.2) is 53.0 Å². The fourth-order valence-corrected chi connectivity index (χ4v) is 2.10. The van der Waals surface area contributed by atoms with Crippen LogP contribution in [0.2, 0.25) is 0 Å². The van der Waals surface area contributed by atoms with Crippen LogP contribution in [0.5, 0.6) is 0 Å². The minimum Gasteiger partial charge on any atom is -0.381 e.